The molecule has 0 heterocycles. The monoisotopic (exact) mass is 223 g/mol. The number of unbranched alkanes of at least 4 members (excludes halogenated alkanes) is 1. The molecule has 0 bridgehead atoms. The molecule has 0 aromatic rings. The fourth-order valence-corrected chi connectivity index (χ4v) is 1.77. The maximum Gasteiger partial charge on any atom is 0.0166 e. The first-order valence-electron chi connectivity index (χ1n) is 6.65. The third kappa shape index (κ3) is 8.58. The SMILES string of the molecule is C=C(CCCC)CC(C)/C=C\N(C)CCC. The van der Waals surface area contributed by atoms with E-state index in [4.69, 9.17) is 0 Å². The average molecular weight is 223 g/mol. The van der Waals surface area contributed by atoms with Gasteiger partial charge in [0, 0.05) is 13.6 Å². The summed E-state index contributed by atoms with van der Waals surface area (Å²) in [4.78, 5) is 2.26. The largest absolute Gasteiger partial charge is 0.381 e. The second kappa shape index (κ2) is 9.50. The van der Waals surface area contributed by atoms with E-state index >= 15 is 0 Å². The average Bonchev–Trinajstić information content (AvgIpc) is 2.24. The first kappa shape index (κ1) is 15.3. The van der Waals surface area contributed by atoms with Gasteiger partial charge in [0.25, 0.3) is 0 Å². The maximum atomic E-state index is 4.15. The third-order valence-corrected chi connectivity index (χ3v) is 2.74. The zero-order valence-corrected chi connectivity index (χ0v) is 11.6. The highest BCUT2D eigenvalue weighted by atomic mass is 15.1. The number of hydrogen-bond donors (Lipinski definition) is 0. The molecule has 0 saturated carbocycles. The van der Waals surface area contributed by atoms with Gasteiger partial charge in [0.15, 0.2) is 0 Å². The van der Waals surface area contributed by atoms with E-state index in [9.17, 15) is 0 Å². The Morgan fingerprint density at radius 3 is 2.56 bits per heavy atom. The lowest BCUT2D eigenvalue weighted by Crippen LogP contribution is -2.11. The molecule has 0 N–H and O–H groups in total. The molecule has 0 aromatic carbocycles. The summed E-state index contributed by atoms with van der Waals surface area (Å²) in [5.41, 5.74) is 1.40. The van der Waals surface area contributed by atoms with Gasteiger partial charge in [-0.3, -0.25) is 0 Å². The Morgan fingerprint density at radius 1 is 1.31 bits per heavy atom. The van der Waals surface area contributed by atoms with Crippen molar-refractivity contribution in [1.29, 1.82) is 0 Å². The van der Waals surface area contributed by atoms with Crippen molar-refractivity contribution in [3.8, 4) is 0 Å². The highest BCUT2D eigenvalue weighted by Gasteiger charge is 2.01. The summed E-state index contributed by atoms with van der Waals surface area (Å²) in [7, 11) is 2.14. The summed E-state index contributed by atoms with van der Waals surface area (Å²) in [6, 6.07) is 0. The van der Waals surface area contributed by atoms with Gasteiger partial charge in [-0.15, -0.1) is 0 Å². The Kier molecular flexibility index (Phi) is 9.07. The quantitative estimate of drug-likeness (QED) is 0.516. The summed E-state index contributed by atoms with van der Waals surface area (Å²) in [6.07, 6.45) is 10.6. The van der Waals surface area contributed by atoms with E-state index in [1.165, 1.54) is 31.3 Å². The van der Waals surface area contributed by atoms with Crippen LogP contribution in [0, 0.1) is 5.92 Å². The van der Waals surface area contributed by atoms with E-state index in [0.29, 0.717) is 5.92 Å². The van der Waals surface area contributed by atoms with Gasteiger partial charge in [0.2, 0.25) is 0 Å². The molecule has 0 rings (SSSR count). The van der Waals surface area contributed by atoms with Crippen molar-refractivity contribution >= 4 is 0 Å². The van der Waals surface area contributed by atoms with Crippen molar-refractivity contribution in [2.45, 2.75) is 52.9 Å². The molecule has 0 fully saturated rings. The van der Waals surface area contributed by atoms with Crippen LogP contribution in [0.5, 0.6) is 0 Å². The maximum absolute atomic E-state index is 4.15. The Hall–Kier alpha value is -0.720. The van der Waals surface area contributed by atoms with Crippen LogP contribution in [0.25, 0.3) is 0 Å². The fraction of sp³-hybridized carbons (Fsp3) is 0.733. The second-order valence-corrected chi connectivity index (χ2v) is 4.86. The van der Waals surface area contributed by atoms with Crippen LogP contribution in [0.15, 0.2) is 24.4 Å². The smallest absolute Gasteiger partial charge is 0.0166 e. The minimum atomic E-state index is 0.615. The molecule has 94 valence electrons. The zero-order valence-electron chi connectivity index (χ0n) is 11.6. The molecular weight excluding hydrogens is 194 g/mol. The third-order valence-electron chi connectivity index (χ3n) is 2.74. The van der Waals surface area contributed by atoms with Crippen LogP contribution < -0.4 is 0 Å². The fourth-order valence-electron chi connectivity index (χ4n) is 1.77. The topological polar surface area (TPSA) is 3.24 Å². The molecule has 0 amide bonds. The van der Waals surface area contributed by atoms with E-state index in [1.54, 1.807) is 0 Å². The molecule has 16 heavy (non-hydrogen) atoms. The molecule has 0 aliphatic heterocycles. The van der Waals surface area contributed by atoms with E-state index < -0.39 is 0 Å². The van der Waals surface area contributed by atoms with E-state index in [-0.39, 0.29) is 0 Å². The molecule has 0 aliphatic rings. The normalized spacial score (nSPS) is 13.0. The summed E-state index contributed by atoms with van der Waals surface area (Å²) in [5.74, 6) is 0.615. The minimum absolute atomic E-state index is 0.615. The van der Waals surface area contributed by atoms with E-state index in [1.807, 2.05) is 0 Å². The molecule has 0 aliphatic carbocycles. The number of nitrogens with zero attached hydrogens (tertiary/aromatic N) is 1. The lowest BCUT2D eigenvalue weighted by molar-refractivity contribution is 0.449. The summed E-state index contributed by atoms with van der Waals surface area (Å²) < 4.78 is 0. The van der Waals surface area contributed by atoms with Crippen LogP contribution in [-0.2, 0) is 0 Å². The van der Waals surface area contributed by atoms with Crippen molar-refractivity contribution in [2.75, 3.05) is 13.6 Å². The summed E-state index contributed by atoms with van der Waals surface area (Å²) in [5, 5.41) is 0. The Morgan fingerprint density at radius 2 is 2.00 bits per heavy atom. The van der Waals surface area contributed by atoms with Gasteiger partial charge < -0.3 is 4.90 Å². The van der Waals surface area contributed by atoms with Crippen LogP contribution in [0.1, 0.15) is 52.9 Å². The zero-order chi connectivity index (χ0) is 12.4. The molecule has 1 heteroatoms. The van der Waals surface area contributed by atoms with Crippen LogP contribution in [0.3, 0.4) is 0 Å². The number of hydrogen-bond acceptors (Lipinski definition) is 1. The summed E-state index contributed by atoms with van der Waals surface area (Å²) in [6.45, 7) is 12.0. The van der Waals surface area contributed by atoms with Crippen LogP contribution in [0.2, 0.25) is 0 Å². The van der Waals surface area contributed by atoms with E-state index in [2.05, 4.69) is 51.6 Å². The molecule has 0 spiro atoms. The standard InChI is InChI=1S/C15H29N/c1-6-8-9-14(3)13-15(4)10-12-16(5)11-7-2/h10,12,15H,3,6-9,11,13H2,1-2,4-5H3/b12-10-. The predicted octanol–water partition coefficient (Wildman–Crippen LogP) is 4.61. The van der Waals surface area contributed by atoms with Gasteiger partial charge >= 0.3 is 0 Å². The Balaban J connectivity index is 3.79. The van der Waals surface area contributed by atoms with Crippen LogP contribution in [-0.4, -0.2) is 18.5 Å². The van der Waals surface area contributed by atoms with Crippen molar-refractivity contribution in [1.82, 2.24) is 4.90 Å². The highest BCUT2D eigenvalue weighted by molar-refractivity contribution is 4.99. The van der Waals surface area contributed by atoms with Gasteiger partial charge in [-0.05, 0) is 37.8 Å². The first-order chi connectivity index (χ1) is 7.60. The molecule has 1 unspecified atom stereocenters. The molecule has 0 aromatic heterocycles. The van der Waals surface area contributed by atoms with Crippen molar-refractivity contribution in [3.63, 3.8) is 0 Å². The molecule has 1 nitrogen and oxygen atoms in total. The lowest BCUT2D eigenvalue weighted by atomic mass is 9.98. The van der Waals surface area contributed by atoms with Gasteiger partial charge in [-0.2, -0.15) is 0 Å². The van der Waals surface area contributed by atoms with Gasteiger partial charge in [-0.25, -0.2) is 0 Å². The molecular formula is C15H29N. The van der Waals surface area contributed by atoms with Crippen molar-refractivity contribution < 1.29 is 0 Å². The molecule has 0 radical (unpaired) electrons. The van der Waals surface area contributed by atoms with Crippen molar-refractivity contribution in [2.24, 2.45) is 5.92 Å². The minimum Gasteiger partial charge on any atom is -0.381 e. The molecule has 1 atom stereocenters. The van der Waals surface area contributed by atoms with Gasteiger partial charge in [-0.1, -0.05) is 45.4 Å². The van der Waals surface area contributed by atoms with Crippen molar-refractivity contribution in [3.05, 3.63) is 24.4 Å². The van der Waals surface area contributed by atoms with Crippen LogP contribution in [0.4, 0.5) is 0 Å². The van der Waals surface area contributed by atoms with E-state index in [0.717, 1.165) is 13.0 Å². The molecule has 0 saturated heterocycles. The Bertz CT molecular complexity index is 205. The first-order valence-corrected chi connectivity index (χ1v) is 6.65. The number of rotatable bonds is 9. The van der Waals surface area contributed by atoms with Crippen LogP contribution >= 0.6 is 0 Å². The second-order valence-electron chi connectivity index (χ2n) is 4.86. The Labute approximate surface area is 102 Å². The lowest BCUT2D eigenvalue weighted by Gasteiger charge is -2.14. The predicted molar refractivity (Wildman–Crippen MR) is 74.5 cm³/mol. The summed E-state index contributed by atoms with van der Waals surface area (Å²) >= 11 is 0. The van der Waals surface area contributed by atoms with Gasteiger partial charge in [0.1, 0.15) is 0 Å². The van der Waals surface area contributed by atoms with Gasteiger partial charge in [0.05, 0.1) is 0 Å². The highest BCUT2D eigenvalue weighted by Crippen LogP contribution is 2.16. The number of allylic oxidation sites excluding steroid dienone is 2.